The monoisotopic (exact) mass is 584 g/mol. The molecule has 1 aliphatic carbocycles. The summed E-state index contributed by atoms with van der Waals surface area (Å²) in [5.41, 5.74) is 3.33. The molecule has 3 heterocycles. The second kappa shape index (κ2) is 13.0. The molecule has 5 aromatic rings. The molecule has 2 aromatic carbocycles. The SMILES string of the molecule is O=C(NCc1ccc2nonc2c1)C(CC1CCCCC1)Nc1cc(-n2cccc2)nc(NCc2ccc(Cl)cc2)n1. The molecule has 6 rings (SSSR count). The van der Waals surface area contributed by atoms with Crippen molar-refractivity contribution in [3.8, 4) is 5.82 Å². The Kier molecular flexibility index (Phi) is 8.60. The second-order valence-corrected chi connectivity index (χ2v) is 11.2. The zero-order valence-corrected chi connectivity index (χ0v) is 23.9. The Morgan fingerprint density at radius 3 is 2.50 bits per heavy atom. The van der Waals surface area contributed by atoms with Gasteiger partial charge in [0.25, 0.3) is 0 Å². The zero-order valence-electron chi connectivity index (χ0n) is 23.2. The highest BCUT2D eigenvalue weighted by Gasteiger charge is 2.25. The second-order valence-electron chi connectivity index (χ2n) is 10.7. The molecule has 0 spiro atoms. The van der Waals surface area contributed by atoms with Crippen molar-refractivity contribution in [1.82, 2.24) is 30.2 Å². The highest BCUT2D eigenvalue weighted by atomic mass is 35.5. The molecule has 42 heavy (non-hydrogen) atoms. The molecular weight excluding hydrogens is 552 g/mol. The number of carbonyl (C=O) groups is 1. The average Bonchev–Trinajstić information content (AvgIpc) is 3.72. The number of carbonyl (C=O) groups excluding carboxylic acids is 1. The van der Waals surface area contributed by atoms with Gasteiger partial charge < -0.3 is 20.5 Å². The van der Waals surface area contributed by atoms with Gasteiger partial charge in [-0.3, -0.25) is 4.79 Å². The molecule has 0 aliphatic heterocycles. The number of hydrogen-bond acceptors (Lipinski definition) is 8. The number of fused-ring (bicyclic) bond motifs is 1. The minimum atomic E-state index is -0.456. The van der Waals surface area contributed by atoms with Crippen LogP contribution in [0.5, 0.6) is 0 Å². The fraction of sp³-hybridized carbons (Fsp3) is 0.323. The van der Waals surface area contributed by atoms with E-state index in [1.165, 1.54) is 19.3 Å². The summed E-state index contributed by atoms with van der Waals surface area (Å²) in [7, 11) is 0. The number of nitrogens with one attached hydrogen (secondary N) is 3. The lowest BCUT2D eigenvalue weighted by molar-refractivity contribution is -0.122. The average molecular weight is 585 g/mol. The van der Waals surface area contributed by atoms with Crippen molar-refractivity contribution in [2.75, 3.05) is 10.6 Å². The first kappa shape index (κ1) is 27.7. The molecule has 10 nitrogen and oxygen atoms in total. The van der Waals surface area contributed by atoms with E-state index < -0.39 is 6.04 Å². The van der Waals surface area contributed by atoms with Crippen molar-refractivity contribution >= 4 is 40.3 Å². The van der Waals surface area contributed by atoms with E-state index in [1.807, 2.05) is 77.6 Å². The Bertz CT molecular complexity index is 1610. The van der Waals surface area contributed by atoms with Gasteiger partial charge in [0.15, 0.2) is 0 Å². The third-order valence-electron chi connectivity index (χ3n) is 7.66. The first-order chi connectivity index (χ1) is 20.6. The Balaban J connectivity index is 1.22. The van der Waals surface area contributed by atoms with Crippen molar-refractivity contribution in [2.24, 2.45) is 5.92 Å². The van der Waals surface area contributed by atoms with Crippen LogP contribution in [-0.2, 0) is 17.9 Å². The number of nitrogens with zero attached hydrogens (tertiary/aromatic N) is 5. The lowest BCUT2D eigenvalue weighted by atomic mass is 9.84. The quantitative estimate of drug-likeness (QED) is 0.169. The molecule has 1 aliphatic rings. The minimum absolute atomic E-state index is 0.0734. The molecule has 11 heteroatoms. The molecule has 1 fully saturated rings. The van der Waals surface area contributed by atoms with Crippen molar-refractivity contribution in [2.45, 2.75) is 57.7 Å². The molecular formula is C31H33ClN8O2. The number of hydrogen-bond donors (Lipinski definition) is 3. The van der Waals surface area contributed by atoms with Gasteiger partial charge in [-0.25, -0.2) is 4.63 Å². The largest absolute Gasteiger partial charge is 0.358 e. The zero-order chi connectivity index (χ0) is 28.7. The molecule has 1 saturated carbocycles. The third kappa shape index (κ3) is 7.06. The van der Waals surface area contributed by atoms with Crippen LogP contribution in [-0.4, -0.2) is 36.8 Å². The predicted molar refractivity (Wildman–Crippen MR) is 162 cm³/mol. The van der Waals surface area contributed by atoms with Crippen LogP contribution >= 0.6 is 11.6 Å². The number of rotatable bonds is 11. The number of benzene rings is 2. The molecule has 1 atom stereocenters. The summed E-state index contributed by atoms with van der Waals surface area (Å²) in [5.74, 6) is 2.15. The Labute approximate surface area is 248 Å². The van der Waals surface area contributed by atoms with Crippen LogP contribution in [0.1, 0.15) is 49.7 Å². The summed E-state index contributed by atoms with van der Waals surface area (Å²) in [6.07, 6.45) is 10.5. The van der Waals surface area contributed by atoms with Crippen LogP contribution in [0.15, 0.2) is 77.7 Å². The number of halogens is 1. The third-order valence-corrected chi connectivity index (χ3v) is 7.91. The summed E-state index contributed by atoms with van der Waals surface area (Å²) in [6, 6.07) is 18.6. The normalized spacial score (nSPS) is 14.5. The lowest BCUT2D eigenvalue weighted by Gasteiger charge is -2.27. The molecule has 3 N–H and O–H groups in total. The maximum Gasteiger partial charge on any atom is 0.242 e. The van der Waals surface area contributed by atoms with Crippen LogP contribution < -0.4 is 16.0 Å². The van der Waals surface area contributed by atoms with E-state index >= 15 is 0 Å². The van der Waals surface area contributed by atoms with Gasteiger partial charge >= 0.3 is 0 Å². The summed E-state index contributed by atoms with van der Waals surface area (Å²) >= 11 is 6.05. The molecule has 0 radical (unpaired) electrons. The van der Waals surface area contributed by atoms with E-state index in [9.17, 15) is 4.79 Å². The maximum atomic E-state index is 13.6. The number of anilines is 2. The van der Waals surface area contributed by atoms with Gasteiger partial charge in [-0.05, 0) is 70.2 Å². The summed E-state index contributed by atoms with van der Waals surface area (Å²) in [6.45, 7) is 0.903. The van der Waals surface area contributed by atoms with Crippen LogP contribution in [0.3, 0.4) is 0 Å². The van der Waals surface area contributed by atoms with Gasteiger partial charge in [0.1, 0.15) is 28.7 Å². The first-order valence-corrected chi connectivity index (χ1v) is 14.7. The fourth-order valence-corrected chi connectivity index (χ4v) is 5.53. The number of aromatic nitrogens is 5. The summed E-state index contributed by atoms with van der Waals surface area (Å²) in [4.78, 5) is 23.1. The molecule has 0 bridgehead atoms. The van der Waals surface area contributed by atoms with Gasteiger partial charge in [-0.15, -0.1) is 0 Å². The topological polar surface area (TPSA) is 123 Å². The highest BCUT2D eigenvalue weighted by Crippen LogP contribution is 2.29. The van der Waals surface area contributed by atoms with E-state index in [0.29, 0.717) is 52.6 Å². The lowest BCUT2D eigenvalue weighted by Crippen LogP contribution is -2.41. The van der Waals surface area contributed by atoms with E-state index in [0.717, 1.165) is 30.4 Å². The standard InChI is InChI=1S/C31H33ClN8O2/c32-24-11-8-22(9-12-24)19-34-31-36-28(18-29(37-31)40-14-4-5-15-40)35-27(16-21-6-2-1-3-7-21)30(41)33-20-23-10-13-25-26(17-23)39-42-38-25/h4-5,8-15,17-18,21,27H,1-3,6-7,16,19-20H2,(H,33,41)(H2,34,35,36,37). The van der Waals surface area contributed by atoms with Crippen LogP contribution in [0.4, 0.5) is 11.8 Å². The smallest absolute Gasteiger partial charge is 0.242 e. The Morgan fingerprint density at radius 2 is 1.69 bits per heavy atom. The van der Waals surface area contributed by atoms with Crippen molar-refractivity contribution < 1.29 is 9.42 Å². The first-order valence-electron chi connectivity index (χ1n) is 14.4. The number of amides is 1. The van der Waals surface area contributed by atoms with Crippen molar-refractivity contribution in [3.05, 3.63) is 89.2 Å². The van der Waals surface area contributed by atoms with E-state index in [2.05, 4.69) is 26.3 Å². The predicted octanol–water partition coefficient (Wildman–Crippen LogP) is 6.14. The molecule has 216 valence electrons. The fourth-order valence-electron chi connectivity index (χ4n) is 5.41. The molecule has 3 aromatic heterocycles. The maximum absolute atomic E-state index is 13.6. The van der Waals surface area contributed by atoms with Crippen LogP contribution in [0, 0.1) is 5.92 Å². The highest BCUT2D eigenvalue weighted by molar-refractivity contribution is 6.30. The van der Waals surface area contributed by atoms with E-state index in [4.69, 9.17) is 26.2 Å². The summed E-state index contributed by atoms with van der Waals surface area (Å²) in [5, 5.41) is 18.4. The Morgan fingerprint density at radius 1 is 0.929 bits per heavy atom. The summed E-state index contributed by atoms with van der Waals surface area (Å²) < 4.78 is 6.73. The van der Waals surface area contributed by atoms with Gasteiger partial charge in [0.05, 0.1) is 0 Å². The molecule has 1 amide bonds. The van der Waals surface area contributed by atoms with Crippen molar-refractivity contribution in [1.29, 1.82) is 0 Å². The molecule has 0 saturated heterocycles. The van der Waals surface area contributed by atoms with Crippen LogP contribution in [0.25, 0.3) is 16.9 Å². The van der Waals surface area contributed by atoms with Gasteiger partial charge in [-0.2, -0.15) is 9.97 Å². The van der Waals surface area contributed by atoms with Crippen LogP contribution in [0.2, 0.25) is 5.02 Å². The van der Waals surface area contributed by atoms with E-state index in [-0.39, 0.29) is 5.91 Å². The molecule has 1 unspecified atom stereocenters. The van der Waals surface area contributed by atoms with Gasteiger partial charge in [-0.1, -0.05) is 61.9 Å². The van der Waals surface area contributed by atoms with E-state index in [1.54, 1.807) is 0 Å². The Hall–Kier alpha value is -4.44. The minimum Gasteiger partial charge on any atom is -0.358 e. The van der Waals surface area contributed by atoms with Gasteiger partial charge in [0, 0.05) is 36.6 Å². The van der Waals surface area contributed by atoms with Gasteiger partial charge in [0.2, 0.25) is 11.9 Å². The van der Waals surface area contributed by atoms with Crippen molar-refractivity contribution in [3.63, 3.8) is 0 Å².